The zero-order valence-electron chi connectivity index (χ0n) is 35.7. The molecule has 12 nitrogen and oxygen atoms in total. The fraction of sp³-hybridized carbons (Fsp3) is 0.773. The summed E-state index contributed by atoms with van der Waals surface area (Å²) >= 11 is 0. The highest BCUT2D eigenvalue weighted by atomic mass is 16.6. The van der Waals surface area contributed by atoms with E-state index in [1.165, 1.54) is 24.3 Å². The van der Waals surface area contributed by atoms with Crippen molar-refractivity contribution in [3.63, 3.8) is 0 Å². The van der Waals surface area contributed by atoms with Crippen molar-refractivity contribution in [3.05, 3.63) is 48.6 Å². The van der Waals surface area contributed by atoms with E-state index in [-0.39, 0.29) is 49.1 Å². The van der Waals surface area contributed by atoms with E-state index in [1.807, 2.05) is 41.5 Å². The third-order valence-corrected chi connectivity index (χ3v) is 13.1. The fourth-order valence-electron chi connectivity index (χ4n) is 9.22. The van der Waals surface area contributed by atoms with E-state index >= 15 is 0 Å². The van der Waals surface area contributed by atoms with Gasteiger partial charge in [-0.1, -0.05) is 91.8 Å². The molecule has 0 unspecified atom stereocenters. The average molecular weight is 793 g/mol. The Morgan fingerprint density at radius 1 is 0.661 bits per heavy atom. The monoisotopic (exact) mass is 793 g/mol. The summed E-state index contributed by atoms with van der Waals surface area (Å²) in [5.74, 6) is -8.01. The van der Waals surface area contributed by atoms with Crippen molar-refractivity contribution in [2.45, 2.75) is 155 Å². The molecule has 3 heterocycles. The Kier molecular flexibility index (Phi) is 18.0. The van der Waals surface area contributed by atoms with Crippen LogP contribution < -0.4 is 0 Å². The largest absolute Gasteiger partial charge is 0.458 e. The normalized spacial score (nSPS) is 41.9. The van der Waals surface area contributed by atoms with Crippen molar-refractivity contribution in [1.82, 2.24) is 0 Å². The van der Waals surface area contributed by atoms with Gasteiger partial charge in [-0.25, -0.2) is 9.59 Å². The summed E-state index contributed by atoms with van der Waals surface area (Å²) in [7, 11) is 3.23. The maximum absolute atomic E-state index is 13.2. The molecule has 3 aliphatic heterocycles. The van der Waals surface area contributed by atoms with Gasteiger partial charge in [0, 0.05) is 86.6 Å². The average Bonchev–Trinajstić information content (AvgIpc) is 3.16. The molecule has 0 aromatic carbocycles. The number of carbonyl (C=O) groups excluding carboxylic acids is 2. The van der Waals surface area contributed by atoms with Crippen LogP contribution in [0.25, 0.3) is 0 Å². The number of ether oxygens (including phenoxy) is 6. The molecule has 56 heavy (non-hydrogen) atoms. The predicted octanol–water partition coefficient (Wildman–Crippen LogP) is 5.66. The molecule has 0 aliphatic carbocycles. The Labute approximate surface area is 335 Å². The van der Waals surface area contributed by atoms with Crippen molar-refractivity contribution in [1.29, 1.82) is 0 Å². The van der Waals surface area contributed by atoms with Crippen LogP contribution in [-0.4, -0.2) is 107 Å². The van der Waals surface area contributed by atoms with Gasteiger partial charge in [-0.2, -0.15) is 0 Å². The lowest BCUT2D eigenvalue weighted by atomic mass is 9.76. The van der Waals surface area contributed by atoms with Gasteiger partial charge in [0.15, 0.2) is 11.6 Å². The Morgan fingerprint density at radius 2 is 1.00 bits per heavy atom. The van der Waals surface area contributed by atoms with Crippen LogP contribution >= 0.6 is 0 Å². The molecule has 3 aliphatic rings. The Bertz CT molecular complexity index is 1280. The van der Waals surface area contributed by atoms with Crippen LogP contribution in [0.5, 0.6) is 0 Å². The number of esters is 2. The second-order valence-electron chi connectivity index (χ2n) is 16.7. The van der Waals surface area contributed by atoms with Crippen LogP contribution in [0.15, 0.2) is 48.6 Å². The van der Waals surface area contributed by atoms with E-state index in [0.29, 0.717) is 0 Å². The van der Waals surface area contributed by atoms with Crippen molar-refractivity contribution in [2.24, 2.45) is 47.3 Å². The number of carbonyl (C=O) groups is 2. The van der Waals surface area contributed by atoms with Gasteiger partial charge >= 0.3 is 11.9 Å². The van der Waals surface area contributed by atoms with Gasteiger partial charge < -0.3 is 48.8 Å². The van der Waals surface area contributed by atoms with Gasteiger partial charge in [-0.15, -0.1) is 0 Å². The van der Waals surface area contributed by atoms with Crippen LogP contribution in [0.4, 0.5) is 0 Å². The summed E-state index contributed by atoms with van der Waals surface area (Å²) < 4.78 is 35.7. The van der Waals surface area contributed by atoms with Crippen LogP contribution in [0, 0.1) is 47.3 Å². The maximum Gasteiger partial charge on any atom is 0.331 e. The fourth-order valence-corrected chi connectivity index (χ4v) is 9.22. The number of hydrogen-bond donors (Lipinski definition) is 4. The number of rotatable bonds is 12. The second kappa shape index (κ2) is 21.0. The second-order valence-corrected chi connectivity index (χ2v) is 16.7. The van der Waals surface area contributed by atoms with Gasteiger partial charge in [-0.05, 0) is 26.7 Å². The molecule has 0 aromatic rings. The number of allylic oxidation sites excluding steroid dienone is 4. The summed E-state index contributed by atoms with van der Waals surface area (Å²) in [6.07, 6.45) is 9.48. The molecule has 0 saturated carbocycles. The molecule has 320 valence electrons. The van der Waals surface area contributed by atoms with Gasteiger partial charge in [0.05, 0.1) is 36.6 Å². The van der Waals surface area contributed by atoms with Crippen LogP contribution in [0.3, 0.4) is 0 Å². The molecule has 0 aromatic heterocycles. The van der Waals surface area contributed by atoms with E-state index in [9.17, 15) is 30.0 Å². The van der Waals surface area contributed by atoms with E-state index in [4.69, 9.17) is 28.4 Å². The zero-order valence-corrected chi connectivity index (χ0v) is 35.7. The minimum atomic E-state index is -1.66. The van der Waals surface area contributed by atoms with Crippen LogP contribution in [0.1, 0.15) is 94.9 Å². The first-order valence-electron chi connectivity index (χ1n) is 20.6. The molecule has 4 N–H and O–H groups in total. The first-order valence-corrected chi connectivity index (χ1v) is 20.6. The minimum absolute atomic E-state index is 0.0951. The summed E-state index contributed by atoms with van der Waals surface area (Å²) in [6.45, 7) is 18.6. The Hall–Kier alpha value is -2.42. The van der Waals surface area contributed by atoms with Gasteiger partial charge in [-0.3, -0.25) is 0 Å². The lowest BCUT2D eigenvalue weighted by Crippen LogP contribution is -2.58. The van der Waals surface area contributed by atoms with Crippen molar-refractivity contribution in [3.8, 4) is 0 Å². The first kappa shape index (κ1) is 48.0. The third kappa shape index (κ3) is 11.4. The molecule has 18 atom stereocenters. The molecule has 0 spiro atoms. The number of methoxy groups -OCH3 is 2. The Balaban J connectivity index is 1.82. The highest BCUT2D eigenvalue weighted by Crippen LogP contribution is 2.43. The molecular formula is C44H72O12. The van der Waals surface area contributed by atoms with Crippen molar-refractivity contribution < 1.29 is 58.4 Å². The maximum atomic E-state index is 13.2. The van der Waals surface area contributed by atoms with Gasteiger partial charge in [0.1, 0.15) is 12.2 Å². The summed E-state index contributed by atoms with van der Waals surface area (Å²) in [5, 5.41) is 46.7. The van der Waals surface area contributed by atoms with E-state index in [2.05, 4.69) is 0 Å². The third-order valence-electron chi connectivity index (χ3n) is 13.1. The molecule has 2 fully saturated rings. The quantitative estimate of drug-likeness (QED) is 0.179. The predicted molar refractivity (Wildman–Crippen MR) is 213 cm³/mol. The van der Waals surface area contributed by atoms with E-state index < -0.39 is 83.4 Å². The number of cyclic esters (lactones) is 2. The first-order chi connectivity index (χ1) is 26.3. The SMILES string of the molecule is CC[C@@H]1[C@@H](C)O[C@@](O)([C@@H](C)[C@H](O)[C@H](C)[C@H]2OC(=O)/C=C/C=C/[C@H](C)[C@@H]([C@@H](C)[C@@H](O)[C@H](C)[C@@]3(O)C[C@@H](OC)[C@H](CC)[C@@H](C)O3)OC(=O)/C=C/C=C/[C@@H]2C)C[C@H]1OC. The number of aliphatic hydroxyl groups excluding tert-OH is 2. The zero-order chi connectivity index (χ0) is 42.1. The summed E-state index contributed by atoms with van der Waals surface area (Å²) in [5.41, 5.74) is 0. The van der Waals surface area contributed by atoms with Gasteiger partial charge in [0.2, 0.25) is 0 Å². The van der Waals surface area contributed by atoms with E-state index in [0.717, 1.165) is 12.8 Å². The smallest absolute Gasteiger partial charge is 0.331 e. The molecule has 0 amide bonds. The summed E-state index contributed by atoms with van der Waals surface area (Å²) in [6, 6.07) is 0. The standard InChI is InChI=1S/C44H72O12/c1-13-33-31(9)55-43(49,23-35(33)51-11)29(7)39(47)27(5)41-25(3)19-15-17-22-38(46)54-42(26(4)20-16-18-21-37(45)53-41)28(6)40(48)30(8)44(50)24-36(52-12)34(14-2)32(10)56-44/h15-22,25-36,39-42,47-50H,13-14,23-24H2,1-12H3/b19-15+,20-16+,21-18+,22-17+/t25-,26-,27-,28-,29-,30-,31+,32+,33+,34+,35+,36+,39+,40+,41-,42-,43+,44+/m0/s1. The molecule has 0 radical (unpaired) electrons. The lowest BCUT2D eigenvalue weighted by Gasteiger charge is -2.49. The molecule has 0 bridgehead atoms. The molecule has 3 rings (SSSR count). The Morgan fingerprint density at radius 3 is 1.30 bits per heavy atom. The van der Waals surface area contributed by atoms with Crippen molar-refractivity contribution in [2.75, 3.05) is 14.2 Å². The van der Waals surface area contributed by atoms with Gasteiger partial charge in [0.25, 0.3) is 0 Å². The van der Waals surface area contributed by atoms with Crippen molar-refractivity contribution >= 4 is 11.9 Å². The highest BCUT2D eigenvalue weighted by Gasteiger charge is 2.52. The summed E-state index contributed by atoms with van der Waals surface area (Å²) in [4.78, 5) is 26.5. The molecule has 2 saturated heterocycles. The molecule has 12 heteroatoms. The topological polar surface area (TPSA) is 170 Å². The van der Waals surface area contributed by atoms with Crippen LogP contribution in [0.2, 0.25) is 0 Å². The van der Waals surface area contributed by atoms with E-state index in [1.54, 1.807) is 66.2 Å². The van der Waals surface area contributed by atoms with Crippen LogP contribution in [-0.2, 0) is 38.0 Å². The number of aliphatic hydroxyl groups is 4. The molecular weight excluding hydrogens is 720 g/mol. The lowest BCUT2D eigenvalue weighted by molar-refractivity contribution is -0.323. The highest BCUT2D eigenvalue weighted by molar-refractivity contribution is 5.83. The number of hydrogen-bond acceptors (Lipinski definition) is 12. The minimum Gasteiger partial charge on any atom is -0.458 e.